The molecule has 4 heteroatoms. The minimum Gasteiger partial charge on any atom is -0.423 e. The first-order chi connectivity index (χ1) is 13.1. The van der Waals surface area contributed by atoms with Gasteiger partial charge in [-0.1, -0.05) is 93.3 Å². The van der Waals surface area contributed by atoms with Gasteiger partial charge in [0.05, 0.1) is 8.07 Å². The van der Waals surface area contributed by atoms with Gasteiger partial charge in [-0.2, -0.15) is 0 Å². The summed E-state index contributed by atoms with van der Waals surface area (Å²) in [4.78, 5) is 0. The Labute approximate surface area is 169 Å². The SMILES string of the molecule is CC1(C)c2cc(B(O)O)ccc2-c2ccc(-c3ccc([Si](C)(C)C)cc3)cc21. The van der Waals surface area contributed by atoms with Crippen molar-refractivity contribution in [2.75, 3.05) is 0 Å². The van der Waals surface area contributed by atoms with E-state index in [4.69, 9.17) is 0 Å². The van der Waals surface area contributed by atoms with E-state index in [0.29, 0.717) is 5.46 Å². The Balaban J connectivity index is 1.78. The van der Waals surface area contributed by atoms with Crippen LogP contribution >= 0.6 is 0 Å². The fourth-order valence-electron chi connectivity index (χ4n) is 4.26. The molecule has 4 rings (SSSR count). The second-order valence-electron chi connectivity index (χ2n) is 9.39. The van der Waals surface area contributed by atoms with Gasteiger partial charge < -0.3 is 10.0 Å². The van der Waals surface area contributed by atoms with E-state index in [0.717, 1.165) is 5.56 Å². The first-order valence-electron chi connectivity index (χ1n) is 9.85. The molecule has 0 saturated carbocycles. The van der Waals surface area contributed by atoms with Crippen LogP contribution in [0, 0.1) is 0 Å². The van der Waals surface area contributed by atoms with Gasteiger partial charge in [-0.25, -0.2) is 0 Å². The van der Waals surface area contributed by atoms with Crippen LogP contribution in [-0.2, 0) is 5.41 Å². The smallest absolute Gasteiger partial charge is 0.423 e. The fraction of sp³-hybridized carbons (Fsp3) is 0.250. The van der Waals surface area contributed by atoms with Gasteiger partial charge in [0, 0.05) is 5.41 Å². The second-order valence-corrected chi connectivity index (χ2v) is 14.5. The second kappa shape index (κ2) is 6.45. The van der Waals surface area contributed by atoms with Crippen molar-refractivity contribution in [3.05, 3.63) is 71.8 Å². The molecule has 0 atom stereocenters. The van der Waals surface area contributed by atoms with E-state index in [1.165, 1.54) is 33.0 Å². The van der Waals surface area contributed by atoms with Crippen LogP contribution in [0.2, 0.25) is 19.6 Å². The fourth-order valence-corrected chi connectivity index (χ4v) is 5.42. The molecular formula is C24H27BO2Si. The van der Waals surface area contributed by atoms with Crippen molar-refractivity contribution in [2.24, 2.45) is 0 Å². The molecule has 28 heavy (non-hydrogen) atoms. The zero-order valence-electron chi connectivity index (χ0n) is 17.2. The van der Waals surface area contributed by atoms with Crippen LogP contribution < -0.4 is 10.6 Å². The van der Waals surface area contributed by atoms with E-state index in [-0.39, 0.29) is 5.41 Å². The number of rotatable bonds is 3. The maximum absolute atomic E-state index is 9.57. The average molecular weight is 386 g/mol. The molecule has 2 nitrogen and oxygen atoms in total. The predicted molar refractivity (Wildman–Crippen MR) is 122 cm³/mol. The van der Waals surface area contributed by atoms with Crippen LogP contribution in [0.5, 0.6) is 0 Å². The molecule has 0 aromatic heterocycles. The molecule has 0 heterocycles. The van der Waals surface area contributed by atoms with E-state index in [1.54, 1.807) is 6.07 Å². The molecule has 0 spiro atoms. The molecule has 3 aromatic rings. The summed E-state index contributed by atoms with van der Waals surface area (Å²) in [6.07, 6.45) is 0. The lowest BCUT2D eigenvalue weighted by Crippen LogP contribution is -2.37. The first-order valence-corrected chi connectivity index (χ1v) is 13.4. The number of hydrogen-bond donors (Lipinski definition) is 2. The van der Waals surface area contributed by atoms with Crippen molar-refractivity contribution in [1.29, 1.82) is 0 Å². The molecule has 0 fully saturated rings. The van der Waals surface area contributed by atoms with Crippen LogP contribution in [0.25, 0.3) is 22.3 Å². The maximum Gasteiger partial charge on any atom is 0.488 e. The van der Waals surface area contributed by atoms with Gasteiger partial charge in [0.25, 0.3) is 0 Å². The van der Waals surface area contributed by atoms with E-state index in [1.807, 2.05) is 12.1 Å². The molecule has 3 aromatic carbocycles. The van der Waals surface area contributed by atoms with Crippen molar-refractivity contribution in [3.8, 4) is 22.3 Å². The zero-order chi connectivity index (χ0) is 20.3. The summed E-state index contributed by atoms with van der Waals surface area (Å²) < 4.78 is 0. The van der Waals surface area contributed by atoms with E-state index < -0.39 is 15.2 Å². The lowest BCUT2D eigenvalue weighted by atomic mass is 9.75. The van der Waals surface area contributed by atoms with E-state index in [9.17, 15) is 10.0 Å². The van der Waals surface area contributed by atoms with Crippen molar-refractivity contribution >= 4 is 25.8 Å². The van der Waals surface area contributed by atoms with Crippen molar-refractivity contribution in [3.63, 3.8) is 0 Å². The maximum atomic E-state index is 9.57. The normalized spacial score (nSPS) is 14.5. The Morgan fingerprint density at radius 3 is 1.82 bits per heavy atom. The van der Waals surface area contributed by atoms with Gasteiger partial charge in [-0.3, -0.25) is 0 Å². The molecule has 0 amide bonds. The van der Waals surface area contributed by atoms with Gasteiger partial charge in [0.15, 0.2) is 0 Å². The Morgan fingerprint density at radius 2 is 1.25 bits per heavy atom. The van der Waals surface area contributed by atoms with Crippen LogP contribution in [0.1, 0.15) is 25.0 Å². The Bertz CT molecular complexity index is 1050. The van der Waals surface area contributed by atoms with Gasteiger partial charge in [0.2, 0.25) is 0 Å². The van der Waals surface area contributed by atoms with Gasteiger partial charge in [-0.05, 0) is 44.9 Å². The van der Waals surface area contributed by atoms with Crippen LogP contribution in [0.3, 0.4) is 0 Å². The van der Waals surface area contributed by atoms with E-state index in [2.05, 4.69) is 76.0 Å². The third-order valence-electron chi connectivity index (χ3n) is 6.08. The lowest BCUT2D eigenvalue weighted by Gasteiger charge is -2.22. The topological polar surface area (TPSA) is 40.5 Å². The Morgan fingerprint density at radius 1 is 0.714 bits per heavy atom. The minimum atomic E-state index is -1.44. The summed E-state index contributed by atoms with van der Waals surface area (Å²) in [5, 5.41) is 20.6. The monoisotopic (exact) mass is 386 g/mol. The quantitative estimate of drug-likeness (QED) is 0.671. The van der Waals surface area contributed by atoms with Crippen LogP contribution in [0.4, 0.5) is 0 Å². The highest BCUT2D eigenvalue weighted by Gasteiger charge is 2.36. The summed E-state index contributed by atoms with van der Waals surface area (Å²) in [6, 6.07) is 21.5. The molecular weight excluding hydrogens is 359 g/mol. The Hall–Kier alpha value is -2.14. The molecule has 0 bridgehead atoms. The molecule has 0 radical (unpaired) electrons. The molecule has 0 aliphatic heterocycles. The third-order valence-corrected chi connectivity index (χ3v) is 8.15. The zero-order valence-corrected chi connectivity index (χ0v) is 18.2. The van der Waals surface area contributed by atoms with Crippen molar-refractivity contribution < 1.29 is 10.0 Å². The van der Waals surface area contributed by atoms with E-state index >= 15 is 0 Å². The summed E-state index contributed by atoms with van der Waals surface area (Å²) in [7, 11) is -2.74. The molecule has 0 unspecified atom stereocenters. The van der Waals surface area contributed by atoms with Crippen LogP contribution in [0.15, 0.2) is 60.7 Å². The highest BCUT2D eigenvalue weighted by atomic mass is 28.3. The Kier molecular flexibility index (Phi) is 4.42. The summed E-state index contributed by atoms with van der Waals surface area (Å²) in [5.74, 6) is 0. The van der Waals surface area contributed by atoms with Crippen LogP contribution in [-0.4, -0.2) is 25.2 Å². The standard InChI is InChI=1S/C24H27BO2Si/c1-24(2)22-14-17(16-6-10-19(11-7-16)28(3,4)5)8-12-20(22)21-13-9-18(25(26)27)15-23(21)24/h6-15,26-27H,1-5H3. The van der Waals surface area contributed by atoms with Gasteiger partial charge in [-0.15, -0.1) is 0 Å². The lowest BCUT2D eigenvalue weighted by molar-refractivity contribution is 0.425. The molecule has 0 saturated heterocycles. The number of benzene rings is 3. The predicted octanol–water partition coefficient (Wildman–Crippen LogP) is 3.88. The highest BCUT2D eigenvalue weighted by molar-refractivity contribution is 6.88. The minimum absolute atomic E-state index is 0.177. The average Bonchev–Trinajstić information content (AvgIpc) is 2.88. The van der Waals surface area contributed by atoms with Gasteiger partial charge in [0.1, 0.15) is 0 Å². The molecule has 1 aliphatic carbocycles. The molecule has 1 aliphatic rings. The highest BCUT2D eigenvalue weighted by Crippen LogP contribution is 2.49. The van der Waals surface area contributed by atoms with Crippen molar-refractivity contribution in [1.82, 2.24) is 0 Å². The summed E-state index contributed by atoms with van der Waals surface area (Å²) in [6.45, 7) is 11.5. The van der Waals surface area contributed by atoms with Crippen molar-refractivity contribution in [2.45, 2.75) is 38.9 Å². The molecule has 142 valence electrons. The molecule has 2 N–H and O–H groups in total. The first kappa shape index (κ1) is 19.2. The number of fused-ring (bicyclic) bond motifs is 3. The summed E-state index contributed by atoms with van der Waals surface area (Å²) in [5.41, 5.74) is 7.70. The third kappa shape index (κ3) is 3.06. The van der Waals surface area contributed by atoms with Gasteiger partial charge >= 0.3 is 7.12 Å². The number of hydrogen-bond acceptors (Lipinski definition) is 2. The summed E-state index contributed by atoms with van der Waals surface area (Å²) >= 11 is 0. The largest absolute Gasteiger partial charge is 0.488 e.